The first-order valence-corrected chi connectivity index (χ1v) is 9.62. The monoisotopic (exact) mass is 351 g/mol. The minimum absolute atomic E-state index is 0.639. The number of pyridine rings is 1. The Labute approximate surface area is 155 Å². The molecule has 3 rings (SSSR count). The largest absolute Gasteiger partial charge is 0.481 e. The van der Waals surface area contributed by atoms with Gasteiger partial charge in [-0.15, -0.1) is 0 Å². The highest BCUT2D eigenvalue weighted by molar-refractivity contribution is 5.92. The topological polar surface area (TPSA) is 63.9 Å². The fourth-order valence-electron chi connectivity index (χ4n) is 3.50. The summed E-state index contributed by atoms with van der Waals surface area (Å²) >= 11 is 0. The quantitative estimate of drug-likeness (QED) is 0.541. The molecular formula is C22H29N3O. The molecule has 26 heavy (non-hydrogen) atoms. The van der Waals surface area contributed by atoms with E-state index in [4.69, 9.17) is 10.5 Å². The van der Waals surface area contributed by atoms with Gasteiger partial charge in [-0.05, 0) is 55.8 Å². The maximum Gasteiger partial charge on any atom is 0.213 e. The predicted molar refractivity (Wildman–Crippen MR) is 109 cm³/mol. The van der Waals surface area contributed by atoms with E-state index in [9.17, 15) is 0 Å². The highest BCUT2D eigenvalue weighted by Gasteiger charge is 2.16. The zero-order valence-corrected chi connectivity index (χ0v) is 15.8. The van der Waals surface area contributed by atoms with Gasteiger partial charge < -0.3 is 15.5 Å². The fourth-order valence-corrected chi connectivity index (χ4v) is 3.50. The van der Waals surface area contributed by atoms with Gasteiger partial charge in [-0.1, -0.05) is 37.6 Å². The van der Waals surface area contributed by atoms with Gasteiger partial charge in [-0.2, -0.15) is 0 Å². The number of hydrogen-bond acceptors (Lipinski definition) is 3. The van der Waals surface area contributed by atoms with Crippen LogP contribution < -0.4 is 10.5 Å². The van der Waals surface area contributed by atoms with E-state index < -0.39 is 0 Å². The molecule has 1 aromatic carbocycles. The molecule has 3 N–H and O–H groups in total. The molecule has 0 saturated heterocycles. The molecule has 2 heterocycles. The van der Waals surface area contributed by atoms with Crippen molar-refractivity contribution in [2.45, 2.75) is 45.4 Å². The van der Waals surface area contributed by atoms with Crippen molar-refractivity contribution in [3.63, 3.8) is 0 Å². The van der Waals surface area contributed by atoms with Crippen LogP contribution >= 0.6 is 0 Å². The minimum atomic E-state index is 0.639. The van der Waals surface area contributed by atoms with Crippen molar-refractivity contribution in [3.05, 3.63) is 47.5 Å². The van der Waals surface area contributed by atoms with Crippen molar-refractivity contribution in [1.29, 1.82) is 0 Å². The summed E-state index contributed by atoms with van der Waals surface area (Å²) in [6, 6.07) is 12.6. The summed E-state index contributed by atoms with van der Waals surface area (Å²) in [4.78, 5) is 8.35. The van der Waals surface area contributed by atoms with Crippen molar-refractivity contribution >= 4 is 10.9 Å². The number of H-pyrrole nitrogens is 1. The summed E-state index contributed by atoms with van der Waals surface area (Å²) in [5.41, 5.74) is 11.7. The van der Waals surface area contributed by atoms with E-state index in [2.05, 4.69) is 35.1 Å². The lowest BCUT2D eigenvalue weighted by atomic mass is 10.00. The number of nitrogens with one attached hydrogen (secondary N) is 1. The molecule has 4 nitrogen and oxygen atoms in total. The van der Waals surface area contributed by atoms with Gasteiger partial charge in [0.15, 0.2) is 0 Å². The molecule has 0 saturated carbocycles. The predicted octanol–water partition coefficient (Wildman–Crippen LogP) is 4.86. The maximum absolute atomic E-state index is 5.71. The highest BCUT2D eigenvalue weighted by atomic mass is 16.5. The van der Waals surface area contributed by atoms with Gasteiger partial charge in [0.2, 0.25) is 5.88 Å². The summed E-state index contributed by atoms with van der Waals surface area (Å²) in [5, 5.41) is 1.32. The van der Waals surface area contributed by atoms with E-state index >= 15 is 0 Å². The Morgan fingerprint density at radius 2 is 1.88 bits per heavy atom. The lowest BCUT2D eigenvalue weighted by molar-refractivity contribution is 0.398. The number of para-hydroxylation sites is 1. The lowest BCUT2D eigenvalue weighted by Crippen LogP contribution is -1.99. The van der Waals surface area contributed by atoms with Gasteiger partial charge in [-0.25, -0.2) is 4.98 Å². The zero-order chi connectivity index (χ0) is 18.4. The van der Waals surface area contributed by atoms with Crippen molar-refractivity contribution in [2.24, 2.45) is 5.73 Å². The second kappa shape index (κ2) is 8.86. The fraction of sp³-hybridized carbons (Fsp3) is 0.409. The lowest BCUT2D eigenvalue weighted by Gasteiger charge is -2.06. The summed E-state index contributed by atoms with van der Waals surface area (Å²) in [7, 11) is 1.66. The van der Waals surface area contributed by atoms with E-state index in [0.29, 0.717) is 5.88 Å². The van der Waals surface area contributed by atoms with E-state index in [1.807, 2.05) is 18.2 Å². The molecule has 2 aromatic heterocycles. The number of methoxy groups -OCH3 is 1. The first-order valence-electron chi connectivity index (χ1n) is 9.62. The molecule has 0 aliphatic heterocycles. The highest BCUT2D eigenvalue weighted by Crippen LogP contribution is 2.33. The molecule has 138 valence electrons. The molecule has 0 aliphatic carbocycles. The smallest absolute Gasteiger partial charge is 0.213 e. The van der Waals surface area contributed by atoms with Crippen molar-refractivity contribution in [1.82, 2.24) is 9.97 Å². The molecule has 0 atom stereocenters. The van der Waals surface area contributed by atoms with Gasteiger partial charge in [0, 0.05) is 17.0 Å². The Balaban J connectivity index is 2.11. The number of nitrogens with zero attached hydrogens (tertiary/aromatic N) is 1. The number of unbranched alkanes of at least 4 members (excludes halogenated alkanes) is 2. The Morgan fingerprint density at radius 1 is 1.04 bits per heavy atom. The average Bonchev–Trinajstić information content (AvgIpc) is 3.06. The molecule has 0 bridgehead atoms. The van der Waals surface area contributed by atoms with Crippen LogP contribution in [0.3, 0.4) is 0 Å². The summed E-state index contributed by atoms with van der Waals surface area (Å²) < 4.78 is 5.32. The third kappa shape index (κ3) is 3.91. The number of aromatic nitrogens is 2. The summed E-state index contributed by atoms with van der Waals surface area (Å²) in [6.07, 6.45) is 6.62. The van der Waals surface area contributed by atoms with E-state index in [1.165, 1.54) is 34.9 Å². The third-order valence-corrected chi connectivity index (χ3v) is 4.90. The van der Waals surface area contributed by atoms with Crippen molar-refractivity contribution in [2.75, 3.05) is 13.7 Å². The van der Waals surface area contributed by atoms with E-state index in [0.717, 1.165) is 43.6 Å². The molecule has 4 heteroatoms. The molecule has 0 aliphatic rings. The minimum Gasteiger partial charge on any atom is -0.481 e. The van der Waals surface area contributed by atoms with Crippen LogP contribution in [-0.4, -0.2) is 23.6 Å². The summed E-state index contributed by atoms with van der Waals surface area (Å²) in [5.74, 6) is 0.639. The SMILES string of the molecule is CCCCc1cccc2c(CCCCN)c(-c3cccc(OC)n3)[nH]c12. The van der Waals surface area contributed by atoms with Crippen LogP contribution in [0.15, 0.2) is 36.4 Å². The Kier molecular flexibility index (Phi) is 6.29. The van der Waals surface area contributed by atoms with Crippen molar-refractivity contribution < 1.29 is 4.74 Å². The van der Waals surface area contributed by atoms with Gasteiger partial charge in [-0.3, -0.25) is 0 Å². The molecule has 0 amide bonds. The second-order valence-corrected chi connectivity index (χ2v) is 6.73. The van der Waals surface area contributed by atoms with Crippen LogP contribution in [0.2, 0.25) is 0 Å². The number of ether oxygens (including phenoxy) is 1. The number of benzene rings is 1. The number of fused-ring (bicyclic) bond motifs is 1. The molecule has 0 spiro atoms. The third-order valence-electron chi connectivity index (χ3n) is 4.90. The van der Waals surface area contributed by atoms with Crippen molar-refractivity contribution in [3.8, 4) is 17.3 Å². The van der Waals surface area contributed by atoms with E-state index in [1.54, 1.807) is 7.11 Å². The first kappa shape index (κ1) is 18.5. The molecule has 0 unspecified atom stereocenters. The van der Waals surface area contributed by atoms with Gasteiger partial charge in [0.25, 0.3) is 0 Å². The first-order chi connectivity index (χ1) is 12.8. The van der Waals surface area contributed by atoms with Crippen LogP contribution in [-0.2, 0) is 12.8 Å². The molecule has 0 radical (unpaired) electrons. The normalized spacial score (nSPS) is 11.2. The maximum atomic E-state index is 5.71. The zero-order valence-electron chi connectivity index (χ0n) is 15.8. The molecule has 3 aromatic rings. The number of aryl methyl sites for hydroxylation is 2. The van der Waals surface area contributed by atoms with Crippen LogP contribution in [0.5, 0.6) is 5.88 Å². The van der Waals surface area contributed by atoms with Crippen LogP contribution in [0.25, 0.3) is 22.3 Å². The Morgan fingerprint density at radius 3 is 2.65 bits per heavy atom. The number of rotatable bonds is 9. The van der Waals surface area contributed by atoms with Gasteiger partial charge in [0.05, 0.1) is 18.5 Å². The van der Waals surface area contributed by atoms with Crippen LogP contribution in [0.4, 0.5) is 0 Å². The standard InChI is InChI=1S/C22H29N3O/c1-3-4-9-16-10-7-12-17-18(11-5-6-15-23)22(25-21(16)17)19-13-8-14-20(24-19)26-2/h7-8,10,12-14,25H,3-6,9,11,15,23H2,1-2H3. The van der Waals surface area contributed by atoms with Gasteiger partial charge in [0.1, 0.15) is 0 Å². The van der Waals surface area contributed by atoms with Crippen LogP contribution in [0.1, 0.15) is 43.7 Å². The Bertz CT molecular complexity index is 854. The number of hydrogen-bond donors (Lipinski definition) is 2. The number of aromatic amines is 1. The van der Waals surface area contributed by atoms with Gasteiger partial charge >= 0.3 is 0 Å². The van der Waals surface area contributed by atoms with E-state index in [-0.39, 0.29) is 0 Å². The van der Waals surface area contributed by atoms with Crippen LogP contribution in [0, 0.1) is 0 Å². The average molecular weight is 351 g/mol. The molecule has 0 fully saturated rings. The number of nitrogens with two attached hydrogens (primary N) is 1. The Hall–Kier alpha value is -2.33. The summed E-state index contributed by atoms with van der Waals surface area (Å²) in [6.45, 7) is 2.97. The molecular weight excluding hydrogens is 322 g/mol. The second-order valence-electron chi connectivity index (χ2n) is 6.73.